The third-order valence-electron chi connectivity index (χ3n) is 4.67. The minimum Gasteiger partial charge on any atom is -0.467 e. The van der Waals surface area contributed by atoms with Gasteiger partial charge in [0.2, 0.25) is 11.8 Å². The molecule has 2 heterocycles. The van der Waals surface area contributed by atoms with E-state index in [0.717, 1.165) is 24.4 Å². The molecule has 150 valence electrons. The topological polar surface area (TPSA) is 116 Å². The van der Waals surface area contributed by atoms with Gasteiger partial charge in [0, 0.05) is 17.2 Å². The van der Waals surface area contributed by atoms with Crippen molar-refractivity contribution in [3.63, 3.8) is 0 Å². The summed E-state index contributed by atoms with van der Waals surface area (Å²) in [5, 5.41) is 11.8. The van der Waals surface area contributed by atoms with E-state index in [1.54, 1.807) is 30.5 Å². The van der Waals surface area contributed by atoms with Gasteiger partial charge in [0.1, 0.15) is 11.6 Å². The van der Waals surface area contributed by atoms with Gasteiger partial charge in [-0.25, -0.2) is 0 Å². The van der Waals surface area contributed by atoms with Gasteiger partial charge in [0.05, 0.1) is 18.1 Å². The molecule has 8 nitrogen and oxygen atoms in total. The fraction of sp³-hybridized carbons (Fsp3) is 0.300. The number of rotatable bonds is 8. The van der Waals surface area contributed by atoms with Crippen LogP contribution < -0.4 is 11.1 Å². The van der Waals surface area contributed by atoms with Crippen molar-refractivity contribution in [2.75, 3.05) is 5.32 Å². The van der Waals surface area contributed by atoms with Crippen LogP contribution in [0.2, 0.25) is 0 Å². The Hall–Kier alpha value is -3.07. The van der Waals surface area contributed by atoms with E-state index in [0.29, 0.717) is 28.9 Å². The number of nitrogens with zero attached hydrogens (tertiary/aromatic N) is 3. The zero-order valence-corrected chi connectivity index (χ0v) is 16.7. The molecule has 0 saturated heterocycles. The van der Waals surface area contributed by atoms with Gasteiger partial charge >= 0.3 is 0 Å². The van der Waals surface area contributed by atoms with Crippen molar-refractivity contribution in [1.29, 1.82) is 0 Å². The molecule has 1 saturated carbocycles. The number of thioether (sulfide) groups is 1. The van der Waals surface area contributed by atoms with E-state index in [-0.39, 0.29) is 5.91 Å². The Morgan fingerprint density at radius 1 is 1.28 bits per heavy atom. The maximum atomic E-state index is 12.6. The predicted molar refractivity (Wildman–Crippen MR) is 109 cm³/mol. The largest absolute Gasteiger partial charge is 0.467 e. The van der Waals surface area contributed by atoms with Crippen LogP contribution in [0.1, 0.15) is 47.6 Å². The lowest BCUT2D eigenvalue weighted by Gasteiger charge is -2.13. The second-order valence-electron chi connectivity index (χ2n) is 6.97. The molecule has 0 spiro atoms. The Morgan fingerprint density at radius 2 is 2.03 bits per heavy atom. The van der Waals surface area contributed by atoms with Crippen molar-refractivity contribution in [3.8, 4) is 0 Å². The van der Waals surface area contributed by atoms with E-state index in [1.165, 1.54) is 11.8 Å². The number of carbonyl (C=O) groups excluding carboxylic acids is 2. The van der Waals surface area contributed by atoms with Crippen LogP contribution in [0.25, 0.3) is 0 Å². The first kappa shape index (κ1) is 19.3. The average Bonchev–Trinajstić information content (AvgIpc) is 3.28. The second-order valence-corrected chi connectivity index (χ2v) is 8.28. The summed E-state index contributed by atoms with van der Waals surface area (Å²) in [4.78, 5) is 23.8. The number of aromatic nitrogens is 3. The van der Waals surface area contributed by atoms with Crippen LogP contribution in [0.3, 0.4) is 0 Å². The van der Waals surface area contributed by atoms with Crippen LogP contribution in [-0.2, 0) is 11.3 Å². The Bertz CT molecular complexity index is 1010. The number of nitrogens with two attached hydrogens (primary N) is 1. The molecule has 3 N–H and O–H groups in total. The summed E-state index contributed by atoms with van der Waals surface area (Å²) < 4.78 is 7.51. The van der Waals surface area contributed by atoms with Gasteiger partial charge in [0.15, 0.2) is 5.16 Å². The van der Waals surface area contributed by atoms with E-state index < -0.39 is 11.2 Å². The van der Waals surface area contributed by atoms with Crippen LogP contribution in [0.4, 0.5) is 5.69 Å². The smallest absolute Gasteiger partial charge is 0.248 e. The van der Waals surface area contributed by atoms with Gasteiger partial charge in [-0.05, 0) is 56.2 Å². The van der Waals surface area contributed by atoms with E-state index in [9.17, 15) is 9.59 Å². The molecule has 4 rings (SSSR count). The summed E-state index contributed by atoms with van der Waals surface area (Å²) in [5.41, 5.74) is 6.23. The molecule has 9 heteroatoms. The van der Waals surface area contributed by atoms with E-state index in [1.807, 2.05) is 23.6 Å². The number of carbonyl (C=O) groups is 2. The van der Waals surface area contributed by atoms with Crippen molar-refractivity contribution in [3.05, 3.63) is 59.8 Å². The van der Waals surface area contributed by atoms with Gasteiger partial charge < -0.3 is 15.5 Å². The number of primary amides is 1. The summed E-state index contributed by atoms with van der Waals surface area (Å²) in [5.74, 6) is 1.52. The lowest BCUT2D eigenvalue weighted by Crippen LogP contribution is -2.23. The number of anilines is 1. The van der Waals surface area contributed by atoms with Gasteiger partial charge in [0.25, 0.3) is 0 Å². The molecule has 0 bridgehead atoms. The molecule has 1 aliphatic carbocycles. The van der Waals surface area contributed by atoms with Gasteiger partial charge in [-0.15, -0.1) is 10.2 Å². The first-order valence-corrected chi connectivity index (χ1v) is 10.2. The van der Waals surface area contributed by atoms with Crippen LogP contribution >= 0.6 is 11.8 Å². The molecular weight excluding hydrogens is 390 g/mol. The summed E-state index contributed by atoms with van der Waals surface area (Å²) in [6.45, 7) is 2.36. The number of hydrogen-bond acceptors (Lipinski definition) is 6. The van der Waals surface area contributed by atoms with Crippen molar-refractivity contribution < 1.29 is 14.0 Å². The third kappa shape index (κ3) is 4.51. The molecule has 1 unspecified atom stereocenters. The summed E-state index contributed by atoms with van der Waals surface area (Å²) >= 11 is 1.35. The zero-order chi connectivity index (χ0) is 20.4. The summed E-state index contributed by atoms with van der Waals surface area (Å²) in [7, 11) is 0. The Balaban J connectivity index is 1.45. The highest BCUT2D eigenvalue weighted by molar-refractivity contribution is 8.00. The molecule has 1 aliphatic rings. The number of benzene rings is 1. The van der Waals surface area contributed by atoms with Crippen molar-refractivity contribution >= 4 is 29.3 Å². The molecule has 1 atom stereocenters. The SMILES string of the molecule is CC(Sc1nnc(C2CC2)n1Cc1ccco1)C(=O)Nc1ccc(C(N)=O)cc1. The molecule has 0 radical (unpaired) electrons. The first-order chi connectivity index (χ1) is 14.0. The summed E-state index contributed by atoms with van der Waals surface area (Å²) in [6, 6.07) is 10.2. The average molecular weight is 411 g/mol. The Morgan fingerprint density at radius 3 is 2.66 bits per heavy atom. The lowest BCUT2D eigenvalue weighted by atomic mass is 10.2. The molecule has 2 amide bonds. The maximum absolute atomic E-state index is 12.6. The number of amides is 2. The minimum absolute atomic E-state index is 0.164. The van der Waals surface area contributed by atoms with Crippen LogP contribution in [0.5, 0.6) is 0 Å². The number of furan rings is 1. The lowest BCUT2D eigenvalue weighted by molar-refractivity contribution is -0.115. The van der Waals surface area contributed by atoms with Gasteiger partial charge in [-0.1, -0.05) is 11.8 Å². The fourth-order valence-corrected chi connectivity index (χ4v) is 3.77. The van der Waals surface area contributed by atoms with E-state index in [2.05, 4.69) is 15.5 Å². The standard InChI is InChI=1S/C20H21N5O3S/c1-12(19(27)22-15-8-6-13(7-9-15)17(21)26)29-20-24-23-18(14-4-5-14)25(20)11-16-3-2-10-28-16/h2-3,6-10,12,14H,4-5,11H2,1H3,(H2,21,26)(H,22,27). The predicted octanol–water partition coefficient (Wildman–Crippen LogP) is 3.02. The van der Waals surface area contributed by atoms with Gasteiger partial charge in [-0.3, -0.25) is 14.2 Å². The molecule has 3 aromatic rings. The van der Waals surface area contributed by atoms with Crippen LogP contribution in [0.15, 0.2) is 52.2 Å². The fourth-order valence-electron chi connectivity index (χ4n) is 2.91. The highest BCUT2D eigenvalue weighted by atomic mass is 32.2. The Labute approximate surface area is 171 Å². The summed E-state index contributed by atoms with van der Waals surface area (Å²) in [6.07, 6.45) is 3.86. The first-order valence-electron chi connectivity index (χ1n) is 9.34. The second kappa shape index (κ2) is 8.12. The maximum Gasteiger partial charge on any atom is 0.248 e. The van der Waals surface area contributed by atoms with Crippen LogP contribution in [-0.4, -0.2) is 31.8 Å². The number of hydrogen-bond donors (Lipinski definition) is 2. The zero-order valence-electron chi connectivity index (χ0n) is 15.9. The molecule has 2 aromatic heterocycles. The quantitative estimate of drug-likeness (QED) is 0.551. The van der Waals surface area contributed by atoms with Crippen molar-refractivity contribution in [2.24, 2.45) is 5.73 Å². The molecule has 1 fully saturated rings. The highest BCUT2D eigenvalue weighted by Gasteiger charge is 2.31. The Kier molecular flexibility index (Phi) is 5.39. The molecule has 1 aromatic carbocycles. The van der Waals surface area contributed by atoms with Crippen LogP contribution in [0, 0.1) is 0 Å². The number of nitrogens with one attached hydrogen (secondary N) is 1. The van der Waals surface area contributed by atoms with Gasteiger partial charge in [-0.2, -0.15) is 0 Å². The van der Waals surface area contributed by atoms with Crippen molar-refractivity contribution in [2.45, 2.75) is 42.6 Å². The highest BCUT2D eigenvalue weighted by Crippen LogP contribution is 2.40. The molecular formula is C20H21N5O3S. The normalized spacial score (nSPS) is 14.5. The van der Waals surface area contributed by atoms with Crippen molar-refractivity contribution in [1.82, 2.24) is 14.8 Å². The third-order valence-corrected chi connectivity index (χ3v) is 5.75. The van der Waals surface area contributed by atoms with E-state index in [4.69, 9.17) is 10.2 Å². The monoisotopic (exact) mass is 411 g/mol. The van der Waals surface area contributed by atoms with E-state index >= 15 is 0 Å². The minimum atomic E-state index is -0.505. The molecule has 29 heavy (non-hydrogen) atoms. The molecule has 0 aliphatic heterocycles.